The van der Waals surface area contributed by atoms with Gasteiger partial charge in [-0.2, -0.15) is 0 Å². The van der Waals surface area contributed by atoms with Gasteiger partial charge in [0, 0.05) is 16.8 Å². The third-order valence-corrected chi connectivity index (χ3v) is 2.50. The van der Waals surface area contributed by atoms with Crippen LogP contribution in [0.25, 0.3) is 0 Å². The smallest absolute Gasteiger partial charge is 0.225 e. The molecule has 0 aliphatic carbocycles. The lowest BCUT2D eigenvalue weighted by Crippen LogP contribution is -1.97. The fourth-order valence-electron chi connectivity index (χ4n) is 1.45. The minimum Gasteiger partial charge on any atom is -0.439 e. The van der Waals surface area contributed by atoms with Crippen molar-refractivity contribution in [3.8, 4) is 11.6 Å². The molecule has 0 saturated heterocycles. The molecule has 4 heteroatoms. The highest BCUT2D eigenvalue weighted by molar-refractivity contribution is 6.30. The molecule has 1 aromatic heterocycles. The first-order chi connectivity index (χ1) is 8.16. The van der Waals surface area contributed by atoms with Crippen molar-refractivity contribution >= 4 is 11.6 Å². The van der Waals surface area contributed by atoms with E-state index in [-0.39, 0.29) is 0 Å². The maximum absolute atomic E-state index is 9.59. The topological polar surface area (TPSA) is 42.4 Å². The number of halogens is 1. The number of aromatic nitrogens is 1. The van der Waals surface area contributed by atoms with Gasteiger partial charge in [-0.25, -0.2) is 4.98 Å². The lowest BCUT2D eigenvalue weighted by Gasteiger charge is -2.11. The molecule has 1 heterocycles. The van der Waals surface area contributed by atoms with Crippen LogP contribution in [0.2, 0.25) is 5.02 Å². The number of aliphatic hydroxyl groups is 1. The third-order valence-electron chi connectivity index (χ3n) is 2.26. The molecule has 3 nitrogen and oxygen atoms in total. The Balaban J connectivity index is 2.30. The highest BCUT2D eigenvalue weighted by atomic mass is 35.5. The molecule has 0 fully saturated rings. The molecular weight excluding hydrogens is 238 g/mol. The Morgan fingerprint density at radius 1 is 1.29 bits per heavy atom. The fraction of sp³-hybridized carbons (Fsp3) is 0.154. The van der Waals surface area contributed by atoms with Crippen molar-refractivity contribution in [2.45, 2.75) is 13.0 Å². The molecule has 0 saturated carbocycles. The molecule has 0 bridgehead atoms. The minimum absolute atomic E-state index is 0.393. The third kappa shape index (κ3) is 2.96. The quantitative estimate of drug-likeness (QED) is 0.904. The predicted octanol–water partition coefficient (Wildman–Crippen LogP) is 3.58. The van der Waals surface area contributed by atoms with Crippen LogP contribution in [0, 0.1) is 0 Å². The number of aliphatic hydroxyl groups excluding tert-OH is 1. The van der Waals surface area contributed by atoms with Crippen molar-refractivity contribution in [2.24, 2.45) is 0 Å². The number of hydrogen-bond acceptors (Lipinski definition) is 3. The standard InChI is InChI=1S/C13H12ClNO2/c1-9(16)12-6-3-7-15-13(12)17-11-5-2-4-10(14)8-11/h2-9,16H,1H3/t9-/m0/s1. The van der Waals surface area contributed by atoms with Crippen LogP contribution in [0.15, 0.2) is 42.6 Å². The lowest BCUT2D eigenvalue weighted by atomic mass is 10.2. The Morgan fingerprint density at radius 2 is 2.12 bits per heavy atom. The Morgan fingerprint density at radius 3 is 2.82 bits per heavy atom. The Kier molecular flexibility index (Phi) is 3.61. The SMILES string of the molecule is C[C@H](O)c1cccnc1Oc1cccc(Cl)c1. The molecule has 0 aliphatic heterocycles. The van der Waals surface area contributed by atoms with Gasteiger partial charge in [0.25, 0.3) is 0 Å². The number of hydrogen-bond donors (Lipinski definition) is 1. The molecule has 2 aromatic rings. The molecule has 1 aromatic carbocycles. The summed E-state index contributed by atoms with van der Waals surface area (Å²) in [5.74, 6) is 0.989. The first kappa shape index (κ1) is 11.9. The van der Waals surface area contributed by atoms with E-state index in [1.54, 1.807) is 49.5 Å². The van der Waals surface area contributed by atoms with Crippen molar-refractivity contribution in [3.05, 3.63) is 53.2 Å². The minimum atomic E-state index is -0.627. The largest absolute Gasteiger partial charge is 0.439 e. The number of ether oxygens (including phenoxy) is 1. The van der Waals surface area contributed by atoms with E-state index in [2.05, 4.69) is 4.98 Å². The van der Waals surface area contributed by atoms with Gasteiger partial charge < -0.3 is 9.84 Å². The van der Waals surface area contributed by atoms with E-state index >= 15 is 0 Å². The van der Waals surface area contributed by atoms with E-state index in [1.807, 2.05) is 0 Å². The molecule has 1 N–H and O–H groups in total. The number of rotatable bonds is 3. The van der Waals surface area contributed by atoms with Crippen LogP contribution in [0.3, 0.4) is 0 Å². The fourth-order valence-corrected chi connectivity index (χ4v) is 1.63. The zero-order valence-corrected chi connectivity index (χ0v) is 10.1. The van der Waals surface area contributed by atoms with Crippen molar-refractivity contribution in [2.75, 3.05) is 0 Å². The molecule has 0 unspecified atom stereocenters. The molecule has 17 heavy (non-hydrogen) atoms. The first-order valence-corrected chi connectivity index (χ1v) is 5.61. The lowest BCUT2D eigenvalue weighted by molar-refractivity contribution is 0.194. The molecule has 0 amide bonds. The van der Waals surface area contributed by atoms with Crippen molar-refractivity contribution in [1.82, 2.24) is 4.98 Å². The highest BCUT2D eigenvalue weighted by Crippen LogP contribution is 2.28. The van der Waals surface area contributed by atoms with Gasteiger partial charge in [0.15, 0.2) is 0 Å². The monoisotopic (exact) mass is 249 g/mol. The first-order valence-electron chi connectivity index (χ1n) is 5.23. The van der Waals surface area contributed by atoms with Gasteiger partial charge in [0.2, 0.25) is 5.88 Å². The summed E-state index contributed by atoms with van der Waals surface area (Å²) >= 11 is 5.86. The van der Waals surface area contributed by atoms with Gasteiger partial charge in [0.1, 0.15) is 5.75 Å². The zero-order chi connectivity index (χ0) is 12.3. The number of benzene rings is 1. The summed E-state index contributed by atoms with van der Waals surface area (Å²) in [7, 11) is 0. The molecular formula is C13H12ClNO2. The van der Waals surface area contributed by atoms with Crippen LogP contribution in [-0.2, 0) is 0 Å². The van der Waals surface area contributed by atoms with Crippen molar-refractivity contribution < 1.29 is 9.84 Å². The van der Waals surface area contributed by atoms with Gasteiger partial charge in [-0.15, -0.1) is 0 Å². The van der Waals surface area contributed by atoms with E-state index in [0.717, 1.165) is 0 Å². The average molecular weight is 250 g/mol. The van der Waals surface area contributed by atoms with Gasteiger partial charge in [-0.05, 0) is 37.3 Å². The Hall–Kier alpha value is -1.58. The summed E-state index contributed by atoms with van der Waals surface area (Å²) in [5, 5.41) is 10.2. The number of nitrogens with zero attached hydrogens (tertiary/aromatic N) is 1. The maximum atomic E-state index is 9.59. The van der Waals surface area contributed by atoms with Gasteiger partial charge in [-0.3, -0.25) is 0 Å². The van der Waals surface area contributed by atoms with E-state index in [9.17, 15) is 5.11 Å². The Labute approximate surface area is 105 Å². The normalized spacial score (nSPS) is 12.2. The van der Waals surface area contributed by atoms with E-state index in [4.69, 9.17) is 16.3 Å². The van der Waals surface area contributed by atoms with E-state index in [0.29, 0.717) is 22.2 Å². The summed E-state index contributed by atoms with van der Waals surface area (Å²) in [6.07, 6.45) is 0.990. The van der Waals surface area contributed by atoms with Crippen LogP contribution < -0.4 is 4.74 Å². The second-order valence-corrected chi connectivity index (χ2v) is 4.07. The van der Waals surface area contributed by atoms with Gasteiger partial charge >= 0.3 is 0 Å². The predicted molar refractivity (Wildman–Crippen MR) is 66.4 cm³/mol. The second-order valence-electron chi connectivity index (χ2n) is 3.63. The molecule has 0 aliphatic rings. The molecule has 0 radical (unpaired) electrons. The van der Waals surface area contributed by atoms with Crippen LogP contribution in [0.1, 0.15) is 18.6 Å². The molecule has 2 rings (SSSR count). The average Bonchev–Trinajstić information content (AvgIpc) is 2.29. The summed E-state index contributed by atoms with van der Waals surface area (Å²) < 4.78 is 5.60. The molecule has 0 spiro atoms. The zero-order valence-electron chi connectivity index (χ0n) is 9.30. The maximum Gasteiger partial charge on any atom is 0.225 e. The van der Waals surface area contributed by atoms with Crippen LogP contribution in [0.4, 0.5) is 0 Å². The van der Waals surface area contributed by atoms with Crippen LogP contribution in [-0.4, -0.2) is 10.1 Å². The molecule has 1 atom stereocenters. The summed E-state index contributed by atoms with van der Waals surface area (Å²) in [6.45, 7) is 1.67. The summed E-state index contributed by atoms with van der Waals surface area (Å²) in [6, 6.07) is 10.6. The van der Waals surface area contributed by atoms with E-state index in [1.165, 1.54) is 0 Å². The second kappa shape index (κ2) is 5.17. The number of pyridine rings is 1. The highest BCUT2D eigenvalue weighted by Gasteiger charge is 2.10. The van der Waals surface area contributed by atoms with Crippen LogP contribution >= 0.6 is 11.6 Å². The van der Waals surface area contributed by atoms with Crippen molar-refractivity contribution in [3.63, 3.8) is 0 Å². The Bertz CT molecular complexity index is 514. The summed E-state index contributed by atoms with van der Waals surface area (Å²) in [5.41, 5.74) is 0.646. The molecule has 88 valence electrons. The van der Waals surface area contributed by atoms with Crippen molar-refractivity contribution in [1.29, 1.82) is 0 Å². The van der Waals surface area contributed by atoms with Gasteiger partial charge in [-0.1, -0.05) is 17.7 Å². The van der Waals surface area contributed by atoms with Gasteiger partial charge in [0.05, 0.1) is 6.10 Å². The van der Waals surface area contributed by atoms with E-state index < -0.39 is 6.10 Å². The van der Waals surface area contributed by atoms with Crippen LogP contribution in [0.5, 0.6) is 11.6 Å². The summed E-state index contributed by atoms with van der Waals surface area (Å²) in [4.78, 5) is 4.10.